The van der Waals surface area contributed by atoms with E-state index in [0.717, 1.165) is 19.6 Å². The van der Waals surface area contributed by atoms with Crippen molar-refractivity contribution < 1.29 is 13.6 Å². The van der Waals surface area contributed by atoms with Gasteiger partial charge < -0.3 is 5.32 Å². The van der Waals surface area contributed by atoms with E-state index in [2.05, 4.69) is 15.3 Å². The van der Waals surface area contributed by atoms with Gasteiger partial charge in [0, 0.05) is 12.2 Å². The predicted octanol–water partition coefficient (Wildman–Crippen LogP) is 4.13. The lowest BCUT2D eigenvalue weighted by Crippen LogP contribution is -2.29. The van der Waals surface area contributed by atoms with Gasteiger partial charge >= 0.3 is 6.55 Å². The minimum atomic E-state index is -2.76. The highest BCUT2D eigenvalue weighted by Gasteiger charge is 2.22. The van der Waals surface area contributed by atoms with Crippen LogP contribution < -0.4 is 5.32 Å². The fourth-order valence-corrected chi connectivity index (χ4v) is 3.44. The van der Waals surface area contributed by atoms with Crippen molar-refractivity contribution in [1.82, 2.24) is 14.7 Å². The molecule has 0 aliphatic carbocycles. The molecule has 1 amide bonds. The highest BCUT2D eigenvalue weighted by atomic mass is 19.3. The number of alkyl halides is 2. The van der Waals surface area contributed by atoms with Crippen LogP contribution in [0.1, 0.15) is 53.1 Å². The Bertz CT molecular complexity index is 765. The number of carbonyl (C=O) groups is 1. The molecule has 5 nitrogen and oxygen atoms in total. The zero-order valence-corrected chi connectivity index (χ0v) is 15.1. The Hall–Kier alpha value is -2.28. The molecular formula is C19H24F2N4O. The maximum Gasteiger partial charge on any atom is 0.333 e. The first kappa shape index (κ1) is 18.5. The van der Waals surface area contributed by atoms with E-state index < -0.39 is 12.5 Å². The lowest BCUT2D eigenvalue weighted by molar-refractivity contribution is 0.0540. The van der Waals surface area contributed by atoms with Crippen molar-refractivity contribution in [2.24, 2.45) is 0 Å². The molecule has 1 aliphatic rings. The van der Waals surface area contributed by atoms with Crippen molar-refractivity contribution in [2.75, 3.05) is 18.4 Å². The monoisotopic (exact) mass is 362 g/mol. The van der Waals surface area contributed by atoms with Crippen LogP contribution >= 0.6 is 0 Å². The Labute approximate surface area is 152 Å². The summed E-state index contributed by atoms with van der Waals surface area (Å²) in [5.41, 5.74) is 2.49. The molecule has 0 radical (unpaired) electrons. The molecule has 26 heavy (non-hydrogen) atoms. The number of hydrogen-bond donors (Lipinski definition) is 1. The maximum absolute atomic E-state index is 12.9. The molecule has 0 atom stereocenters. The lowest BCUT2D eigenvalue weighted by atomic mass is 10.1. The van der Waals surface area contributed by atoms with Crippen LogP contribution in [0.5, 0.6) is 0 Å². The normalized spacial score (nSPS) is 15.4. The van der Waals surface area contributed by atoms with E-state index in [1.807, 2.05) is 24.3 Å². The Kier molecular flexibility index (Phi) is 5.66. The standard InChI is InChI=1S/C19H24F2N4O/c1-13-17(14(2)25(23-13)19(20)21)18(26)22-16-8-6-15(7-9-16)12-24-10-4-3-5-11-24/h6-9,19H,3-5,10-12H2,1-2H3,(H,22,26). The van der Waals surface area contributed by atoms with Crippen LogP contribution in [-0.4, -0.2) is 33.7 Å². The van der Waals surface area contributed by atoms with Gasteiger partial charge in [-0.25, -0.2) is 4.68 Å². The van der Waals surface area contributed by atoms with Gasteiger partial charge in [-0.15, -0.1) is 0 Å². The largest absolute Gasteiger partial charge is 0.333 e. The van der Waals surface area contributed by atoms with Gasteiger partial charge in [0.25, 0.3) is 5.91 Å². The number of benzene rings is 1. The number of anilines is 1. The van der Waals surface area contributed by atoms with Gasteiger partial charge in [-0.1, -0.05) is 18.6 Å². The maximum atomic E-state index is 12.9. The Balaban J connectivity index is 1.66. The zero-order valence-electron chi connectivity index (χ0n) is 15.1. The quantitative estimate of drug-likeness (QED) is 0.870. The molecule has 0 spiro atoms. The molecule has 1 aromatic heterocycles. The van der Waals surface area contributed by atoms with Crippen LogP contribution in [0.2, 0.25) is 0 Å². The van der Waals surface area contributed by atoms with Crippen LogP contribution in [0.25, 0.3) is 0 Å². The predicted molar refractivity (Wildman–Crippen MR) is 96.5 cm³/mol. The van der Waals surface area contributed by atoms with E-state index in [9.17, 15) is 13.6 Å². The number of rotatable bonds is 5. The Morgan fingerprint density at radius 1 is 1.15 bits per heavy atom. The van der Waals surface area contributed by atoms with Gasteiger partial charge in [0.1, 0.15) is 0 Å². The highest BCUT2D eigenvalue weighted by molar-refractivity contribution is 6.05. The number of amides is 1. The van der Waals surface area contributed by atoms with Crippen molar-refractivity contribution in [3.8, 4) is 0 Å². The molecule has 2 aromatic rings. The third kappa shape index (κ3) is 4.09. The highest BCUT2D eigenvalue weighted by Crippen LogP contribution is 2.21. The molecular weight excluding hydrogens is 338 g/mol. The van der Waals surface area contributed by atoms with Crippen molar-refractivity contribution in [1.29, 1.82) is 0 Å². The van der Waals surface area contributed by atoms with Gasteiger partial charge in [-0.05, 0) is 57.5 Å². The van der Waals surface area contributed by atoms with Gasteiger partial charge in [0.05, 0.1) is 17.0 Å². The first-order valence-corrected chi connectivity index (χ1v) is 8.92. The molecule has 1 aliphatic heterocycles. The second kappa shape index (κ2) is 7.95. The molecule has 0 saturated carbocycles. The van der Waals surface area contributed by atoms with Gasteiger partial charge in [-0.2, -0.15) is 13.9 Å². The number of hydrogen-bond acceptors (Lipinski definition) is 3. The summed E-state index contributed by atoms with van der Waals surface area (Å²) in [5, 5.41) is 6.52. The van der Waals surface area contributed by atoms with Crippen LogP contribution in [0.15, 0.2) is 24.3 Å². The number of aryl methyl sites for hydroxylation is 1. The summed E-state index contributed by atoms with van der Waals surface area (Å²) >= 11 is 0. The summed E-state index contributed by atoms with van der Waals surface area (Å²) in [7, 11) is 0. The smallest absolute Gasteiger partial charge is 0.322 e. The van der Waals surface area contributed by atoms with Gasteiger partial charge in [-0.3, -0.25) is 9.69 Å². The van der Waals surface area contributed by atoms with E-state index in [-0.39, 0.29) is 11.3 Å². The van der Waals surface area contributed by atoms with Crippen LogP contribution in [0.3, 0.4) is 0 Å². The molecule has 0 bridgehead atoms. The number of carbonyl (C=O) groups excluding carboxylic acids is 1. The van der Waals surface area contributed by atoms with E-state index in [1.54, 1.807) is 6.92 Å². The summed E-state index contributed by atoms with van der Waals surface area (Å²) < 4.78 is 26.4. The number of nitrogens with zero attached hydrogens (tertiary/aromatic N) is 3. The van der Waals surface area contributed by atoms with E-state index in [0.29, 0.717) is 16.1 Å². The third-order valence-corrected chi connectivity index (χ3v) is 4.80. The van der Waals surface area contributed by atoms with Gasteiger partial charge in [0.15, 0.2) is 0 Å². The molecule has 7 heteroatoms. The van der Waals surface area contributed by atoms with Crippen LogP contribution in [-0.2, 0) is 6.54 Å². The molecule has 140 valence electrons. The SMILES string of the molecule is Cc1nn(C(F)F)c(C)c1C(=O)Nc1ccc(CN2CCCCC2)cc1. The van der Waals surface area contributed by atoms with Crippen molar-refractivity contribution in [3.05, 3.63) is 46.8 Å². The summed E-state index contributed by atoms with van der Waals surface area (Å²) in [6.07, 6.45) is 3.81. The van der Waals surface area contributed by atoms with E-state index >= 15 is 0 Å². The summed E-state index contributed by atoms with van der Waals surface area (Å²) in [5.74, 6) is -0.421. The molecule has 1 N–H and O–H groups in total. The fraction of sp³-hybridized carbons (Fsp3) is 0.474. The van der Waals surface area contributed by atoms with Crippen molar-refractivity contribution >= 4 is 11.6 Å². The number of piperidine rings is 1. The van der Waals surface area contributed by atoms with E-state index in [4.69, 9.17) is 0 Å². The molecule has 1 aromatic carbocycles. The van der Waals surface area contributed by atoms with Crippen LogP contribution in [0, 0.1) is 13.8 Å². The number of aromatic nitrogens is 2. The molecule has 1 saturated heterocycles. The van der Waals surface area contributed by atoms with Crippen molar-refractivity contribution in [2.45, 2.75) is 46.2 Å². The topological polar surface area (TPSA) is 50.2 Å². The number of nitrogens with one attached hydrogen (secondary N) is 1. The molecule has 3 rings (SSSR count). The Morgan fingerprint density at radius 2 is 1.81 bits per heavy atom. The first-order chi connectivity index (χ1) is 12.5. The van der Waals surface area contributed by atoms with Crippen molar-refractivity contribution in [3.63, 3.8) is 0 Å². The third-order valence-electron chi connectivity index (χ3n) is 4.80. The average Bonchev–Trinajstić information content (AvgIpc) is 2.92. The summed E-state index contributed by atoms with van der Waals surface area (Å²) in [6.45, 7) is 3.44. The minimum absolute atomic E-state index is 0.164. The first-order valence-electron chi connectivity index (χ1n) is 8.92. The fourth-order valence-electron chi connectivity index (χ4n) is 3.44. The van der Waals surface area contributed by atoms with Gasteiger partial charge in [0.2, 0.25) is 0 Å². The second-order valence-electron chi connectivity index (χ2n) is 6.76. The number of halogens is 2. The molecule has 1 fully saturated rings. The molecule has 2 heterocycles. The summed E-state index contributed by atoms with van der Waals surface area (Å²) in [4.78, 5) is 14.9. The lowest BCUT2D eigenvalue weighted by Gasteiger charge is -2.26. The number of likely N-dealkylation sites (tertiary alicyclic amines) is 1. The molecule has 0 unspecified atom stereocenters. The minimum Gasteiger partial charge on any atom is -0.322 e. The Morgan fingerprint density at radius 3 is 2.38 bits per heavy atom. The summed E-state index contributed by atoms with van der Waals surface area (Å²) in [6, 6.07) is 7.68. The second-order valence-corrected chi connectivity index (χ2v) is 6.76. The average molecular weight is 362 g/mol. The zero-order chi connectivity index (χ0) is 18.7. The van der Waals surface area contributed by atoms with E-state index in [1.165, 1.54) is 31.7 Å². The van der Waals surface area contributed by atoms with Crippen LogP contribution in [0.4, 0.5) is 14.5 Å².